The zero-order chi connectivity index (χ0) is 10.2. The molecule has 0 amide bonds. The van der Waals surface area contributed by atoms with E-state index in [1.54, 1.807) is 6.07 Å². The maximum absolute atomic E-state index is 12.8. The fourth-order valence-corrected chi connectivity index (χ4v) is 2.85. The smallest absolute Gasteiger partial charge is 0.124 e. The molecule has 0 aromatic heterocycles. The van der Waals surface area contributed by atoms with Crippen LogP contribution in [-0.4, -0.2) is 5.33 Å². The molecule has 3 heteroatoms. The molecule has 0 heterocycles. The fourth-order valence-electron chi connectivity index (χ4n) is 1.60. The first-order valence-electron chi connectivity index (χ1n) is 4.65. The zero-order valence-corrected chi connectivity index (χ0v) is 10.9. The van der Waals surface area contributed by atoms with Gasteiger partial charge in [0.05, 0.1) is 0 Å². The van der Waals surface area contributed by atoms with Crippen LogP contribution in [0.2, 0.25) is 0 Å². The van der Waals surface area contributed by atoms with E-state index in [-0.39, 0.29) is 5.82 Å². The van der Waals surface area contributed by atoms with Crippen LogP contribution in [0, 0.1) is 11.2 Å². The molecule has 1 aliphatic rings. The first-order valence-corrected chi connectivity index (χ1v) is 6.57. The number of halogens is 3. The molecule has 0 radical (unpaired) electrons. The van der Waals surface area contributed by atoms with Crippen LogP contribution in [0.25, 0.3) is 0 Å². The van der Waals surface area contributed by atoms with Crippen molar-refractivity contribution in [3.05, 3.63) is 34.1 Å². The number of alkyl halides is 1. The van der Waals surface area contributed by atoms with E-state index >= 15 is 0 Å². The molecule has 0 unspecified atom stereocenters. The Labute approximate surface area is 100 Å². The van der Waals surface area contributed by atoms with Crippen molar-refractivity contribution < 1.29 is 4.39 Å². The van der Waals surface area contributed by atoms with Gasteiger partial charge in [-0.15, -0.1) is 0 Å². The van der Waals surface area contributed by atoms with Crippen LogP contribution in [0.5, 0.6) is 0 Å². The Balaban J connectivity index is 2.17. The van der Waals surface area contributed by atoms with Gasteiger partial charge < -0.3 is 0 Å². The summed E-state index contributed by atoms with van der Waals surface area (Å²) in [5.41, 5.74) is 1.66. The lowest BCUT2D eigenvalue weighted by Gasteiger charge is -2.12. The molecule has 1 saturated carbocycles. The molecule has 0 N–H and O–H groups in total. The second-order valence-corrected chi connectivity index (χ2v) is 5.46. The summed E-state index contributed by atoms with van der Waals surface area (Å²) in [4.78, 5) is 0. The number of rotatable bonds is 3. The Bertz CT molecular complexity index is 345. The molecule has 1 fully saturated rings. The van der Waals surface area contributed by atoms with Gasteiger partial charge in [-0.25, -0.2) is 4.39 Å². The van der Waals surface area contributed by atoms with Gasteiger partial charge in [-0.2, -0.15) is 0 Å². The molecule has 0 nitrogen and oxygen atoms in total. The van der Waals surface area contributed by atoms with Crippen molar-refractivity contribution in [1.82, 2.24) is 0 Å². The van der Waals surface area contributed by atoms with E-state index in [9.17, 15) is 4.39 Å². The highest BCUT2D eigenvalue weighted by Gasteiger charge is 2.41. The summed E-state index contributed by atoms with van der Waals surface area (Å²) in [5, 5.41) is 1.05. The minimum Gasteiger partial charge on any atom is -0.207 e. The van der Waals surface area contributed by atoms with E-state index < -0.39 is 0 Å². The lowest BCUT2D eigenvalue weighted by Crippen LogP contribution is -2.06. The monoisotopic (exact) mass is 320 g/mol. The van der Waals surface area contributed by atoms with Crippen molar-refractivity contribution in [2.75, 3.05) is 5.33 Å². The average molecular weight is 322 g/mol. The Morgan fingerprint density at radius 1 is 1.36 bits per heavy atom. The fraction of sp³-hybridized carbons (Fsp3) is 0.455. The van der Waals surface area contributed by atoms with Gasteiger partial charge in [-0.05, 0) is 42.4 Å². The maximum Gasteiger partial charge on any atom is 0.124 e. The zero-order valence-electron chi connectivity index (χ0n) is 7.69. The van der Waals surface area contributed by atoms with Crippen LogP contribution in [0.4, 0.5) is 4.39 Å². The molecule has 1 aliphatic carbocycles. The summed E-state index contributed by atoms with van der Waals surface area (Å²) in [6.07, 6.45) is 3.60. The van der Waals surface area contributed by atoms with Gasteiger partial charge in [0.1, 0.15) is 5.82 Å². The third-order valence-corrected chi connectivity index (χ3v) is 4.75. The van der Waals surface area contributed by atoms with Crippen molar-refractivity contribution in [1.29, 1.82) is 0 Å². The summed E-state index contributed by atoms with van der Waals surface area (Å²) in [6, 6.07) is 4.95. The van der Waals surface area contributed by atoms with Crippen molar-refractivity contribution in [2.24, 2.45) is 5.41 Å². The molecule has 14 heavy (non-hydrogen) atoms. The van der Waals surface area contributed by atoms with E-state index in [1.165, 1.54) is 24.5 Å². The first kappa shape index (κ1) is 10.6. The number of hydrogen-bond donors (Lipinski definition) is 0. The van der Waals surface area contributed by atoms with Gasteiger partial charge in [0.2, 0.25) is 0 Å². The molecule has 1 aromatic rings. The predicted octanol–water partition coefficient (Wildman–Crippen LogP) is 4.31. The summed E-state index contributed by atoms with van der Waals surface area (Å²) >= 11 is 6.94. The van der Waals surface area contributed by atoms with E-state index in [1.807, 2.05) is 6.07 Å². The van der Waals surface area contributed by atoms with Crippen LogP contribution in [0.1, 0.15) is 18.4 Å². The van der Waals surface area contributed by atoms with Gasteiger partial charge in [-0.3, -0.25) is 0 Å². The quantitative estimate of drug-likeness (QED) is 0.728. The van der Waals surface area contributed by atoms with Crippen LogP contribution in [0.3, 0.4) is 0 Å². The Morgan fingerprint density at radius 2 is 2.07 bits per heavy atom. The van der Waals surface area contributed by atoms with E-state index in [2.05, 4.69) is 31.9 Å². The van der Waals surface area contributed by atoms with E-state index in [4.69, 9.17) is 0 Å². The molecule has 0 spiro atoms. The van der Waals surface area contributed by atoms with E-state index in [0.717, 1.165) is 16.2 Å². The minimum absolute atomic E-state index is 0.177. The first-order chi connectivity index (χ1) is 6.65. The lowest BCUT2D eigenvalue weighted by atomic mass is 9.99. The highest BCUT2D eigenvalue weighted by molar-refractivity contribution is 9.10. The SMILES string of the molecule is Fc1ccc(CC2(CBr)CC2)c(Br)c1. The standard InChI is InChI=1S/C11H11Br2F/c12-7-11(3-4-11)6-8-1-2-9(14)5-10(8)13/h1-2,5H,3-4,6-7H2. The molecular weight excluding hydrogens is 311 g/mol. The molecule has 0 bridgehead atoms. The Kier molecular flexibility index (Phi) is 2.98. The highest BCUT2D eigenvalue weighted by atomic mass is 79.9. The molecule has 0 saturated heterocycles. The second-order valence-electron chi connectivity index (χ2n) is 4.05. The van der Waals surface area contributed by atoms with E-state index in [0.29, 0.717) is 5.41 Å². The third-order valence-electron chi connectivity index (χ3n) is 2.82. The molecule has 1 aromatic carbocycles. The summed E-state index contributed by atoms with van der Waals surface area (Å²) < 4.78 is 13.7. The lowest BCUT2D eigenvalue weighted by molar-refractivity contribution is 0.581. The van der Waals surface area contributed by atoms with Gasteiger partial charge >= 0.3 is 0 Å². The van der Waals surface area contributed by atoms with Gasteiger partial charge in [0.25, 0.3) is 0 Å². The summed E-state index contributed by atoms with van der Waals surface area (Å²) in [7, 11) is 0. The van der Waals surface area contributed by atoms with Crippen molar-refractivity contribution in [3.8, 4) is 0 Å². The van der Waals surface area contributed by atoms with Gasteiger partial charge in [-0.1, -0.05) is 37.9 Å². The van der Waals surface area contributed by atoms with Crippen molar-refractivity contribution in [2.45, 2.75) is 19.3 Å². The second kappa shape index (κ2) is 3.93. The normalized spacial score (nSPS) is 18.2. The number of benzene rings is 1. The predicted molar refractivity (Wildman–Crippen MR) is 63.3 cm³/mol. The molecule has 0 atom stereocenters. The summed E-state index contributed by atoms with van der Waals surface area (Å²) in [5.74, 6) is -0.177. The highest BCUT2D eigenvalue weighted by Crippen LogP contribution is 2.50. The number of hydrogen-bond acceptors (Lipinski definition) is 0. The molecular formula is C11H11Br2F. The Morgan fingerprint density at radius 3 is 2.57 bits per heavy atom. The van der Waals surface area contributed by atoms with Crippen LogP contribution < -0.4 is 0 Å². The minimum atomic E-state index is -0.177. The summed E-state index contributed by atoms with van der Waals surface area (Å²) in [6.45, 7) is 0. The van der Waals surface area contributed by atoms with Crippen molar-refractivity contribution >= 4 is 31.9 Å². The van der Waals surface area contributed by atoms with Crippen LogP contribution >= 0.6 is 31.9 Å². The third kappa shape index (κ3) is 2.19. The maximum atomic E-state index is 12.8. The van der Waals surface area contributed by atoms with Crippen LogP contribution in [0.15, 0.2) is 22.7 Å². The van der Waals surface area contributed by atoms with Crippen LogP contribution in [-0.2, 0) is 6.42 Å². The largest absolute Gasteiger partial charge is 0.207 e. The topological polar surface area (TPSA) is 0 Å². The van der Waals surface area contributed by atoms with Gasteiger partial charge in [0, 0.05) is 9.80 Å². The molecule has 2 rings (SSSR count). The van der Waals surface area contributed by atoms with Gasteiger partial charge in [0.15, 0.2) is 0 Å². The van der Waals surface area contributed by atoms with Crippen molar-refractivity contribution in [3.63, 3.8) is 0 Å². The average Bonchev–Trinajstić information content (AvgIpc) is 2.91. The molecule has 0 aliphatic heterocycles. The molecule has 76 valence electrons. The Hall–Kier alpha value is 0.110.